The van der Waals surface area contributed by atoms with E-state index in [2.05, 4.69) is 9.47 Å². The van der Waals surface area contributed by atoms with Crippen molar-refractivity contribution in [3.63, 3.8) is 0 Å². The van der Waals surface area contributed by atoms with Gasteiger partial charge in [-0.2, -0.15) is 26.3 Å². The molecule has 9 heteroatoms. The van der Waals surface area contributed by atoms with Crippen LogP contribution in [0.2, 0.25) is 0 Å². The molecule has 0 amide bonds. The van der Waals surface area contributed by atoms with Crippen LogP contribution in [-0.2, 0) is 9.47 Å². The van der Waals surface area contributed by atoms with E-state index in [1.54, 1.807) is 6.92 Å². The fourth-order valence-electron chi connectivity index (χ4n) is 4.22. The van der Waals surface area contributed by atoms with Crippen molar-refractivity contribution < 1.29 is 40.2 Å². The Bertz CT molecular complexity index is 419. The Morgan fingerprint density at radius 2 is 1.58 bits per heavy atom. The zero-order chi connectivity index (χ0) is 18.3. The molecule has 2 saturated carbocycles. The van der Waals surface area contributed by atoms with Gasteiger partial charge in [-0.3, -0.25) is 0 Å². The number of fused-ring (bicyclic) bond motifs is 2. The SMILES string of the molecule is CCOCOC(CC1CC2CC1C(C)C2F)(C(F)(F)F)C(F)(F)F. The third-order valence-electron chi connectivity index (χ3n) is 5.47. The van der Waals surface area contributed by atoms with Crippen LogP contribution in [0, 0.1) is 23.7 Å². The molecule has 2 nitrogen and oxygen atoms in total. The molecule has 2 rings (SSSR count). The minimum absolute atomic E-state index is 0.0298. The highest BCUT2D eigenvalue weighted by molar-refractivity contribution is 5.05. The van der Waals surface area contributed by atoms with Crippen LogP contribution in [0.3, 0.4) is 0 Å². The highest BCUT2D eigenvalue weighted by Gasteiger charge is 2.73. The van der Waals surface area contributed by atoms with Crippen molar-refractivity contribution in [3.8, 4) is 0 Å². The van der Waals surface area contributed by atoms with Crippen molar-refractivity contribution in [2.45, 2.75) is 57.2 Å². The Kier molecular flexibility index (Phi) is 5.45. The van der Waals surface area contributed by atoms with Crippen molar-refractivity contribution in [2.24, 2.45) is 23.7 Å². The predicted molar refractivity (Wildman–Crippen MR) is 70.8 cm³/mol. The summed E-state index contributed by atoms with van der Waals surface area (Å²) in [4.78, 5) is 0. The van der Waals surface area contributed by atoms with Crippen LogP contribution in [0.15, 0.2) is 0 Å². The Hall–Kier alpha value is -0.570. The van der Waals surface area contributed by atoms with E-state index in [1.165, 1.54) is 6.92 Å². The van der Waals surface area contributed by atoms with Gasteiger partial charge in [0.25, 0.3) is 5.60 Å². The lowest BCUT2D eigenvalue weighted by molar-refractivity contribution is -0.398. The van der Waals surface area contributed by atoms with Gasteiger partial charge in [-0.1, -0.05) is 6.92 Å². The molecular formula is C15H21F7O2. The van der Waals surface area contributed by atoms with Crippen molar-refractivity contribution in [1.29, 1.82) is 0 Å². The molecule has 2 bridgehead atoms. The molecule has 2 aliphatic rings. The molecule has 2 aliphatic carbocycles. The Labute approximate surface area is 135 Å². The Morgan fingerprint density at radius 1 is 1.00 bits per heavy atom. The Morgan fingerprint density at radius 3 is 2.00 bits per heavy atom. The summed E-state index contributed by atoms with van der Waals surface area (Å²) in [7, 11) is 0. The molecular weight excluding hydrogens is 345 g/mol. The lowest BCUT2D eigenvalue weighted by Crippen LogP contribution is -2.60. The average Bonchev–Trinajstić information content (AvgIpc) is 2.96. The zero-order valence-corrected chi connectivity index (χ0v) is 13.4. The molecule has 5 atom stereocenters. The highest BCUT2D eigenvalue weighted by Crippen LogP contribution is 2.58. The van der Waals surface area contributed by atoms with Gasteiger partial charge in [-0.25, -0.2) is 4.39 Å². The van der Waals surface area contributed by atoms with Crippen LogP contribution in [0.1, 0.15) is 33.1 Å². The van der Waals surface area contributed by atoms with Gasteiger partial charge in [0.15, 0.2) is 0 Å². The average molecular weight is 366 g/mol. The molecule has 5 unspecified atom stereocenters. The fourth-order valence-corrected chi connectivity index (χ4v) is 4.22. The lowest BCUT2D eigenvalue weighted by atomic mass is 9.74. The smallest absolute Gasteiger partial charge is 0.356 e. The number of hydrogen-bond acceptors (Lipinski definition) is 2. The van der Waals surface area contributed by atoms with Crippen molar-refractivity contribution in [2.75, 3.05) is 13.4 Å². The second kappa shape index (κ2) is 6.63. The van der Waals surface area contributed by atoms with E-state index >= 15 is 0 Å². The standard InChI is InChI=1S/C15H21F7O2/c1-3-23-7-24-13(14(17,18)19,15(20,21)22)6-10-4-9-5-11(10)8(2)12(9)16/h8-12H,3-7H2,1-2H3. The van der Waals surface area contributed by atoms with E-state index in [0.29, 0.717) is 6.42 Å². The second-order valence-electron chi connectivity index (χ2n) is 6.74. The molecule has 0 aromatic carbocycles. The number of alkyl halides is 7. The predicted octanol–water partition coefficient (Wildman–Crippen LogP) is 4.88. The molecule has 0 aromatic heterocycles. The van der Waals surface area contributed by atoms with Gasteiger partial charge in [0, 0.05) is 6.61 Å². The van der Waals surface area contributed by atoms with Crippen molar-refractivity contribution >= 4 is 0 Å². The van der Waals surface area contributed by atoms with E-state index in [1.807, 2.05) is 0 Å². The first-order valence-electron chi connectivity index (χ1n) is 7.93. The minimum Gasteiger partial charge on any atom is -0.356 e. The highest BCUT2D eigenvalue weighted by atomic mass is 19.4. The molecule has 0 saturated heterocycles. The van der Waals surface area contributed by atoms with Gasteiger partial charge in [0.1, 0.15) is 13.0 Å². The van der Waals surface area contributed by atoms with Crippen LogP contribution in [0.4, 0.5) is 30.7 Å². The molecule has 0 aromatic rings. The quantitative estimate of drug-likeness (QED) is 0.379. The lowest BCUT2D eigenvalue weighted by Gasteiger charge is -2.41. The maximum atomic E-state index is 13.8. The second-order valence-corrected chi connectivity index (χ2v) is 6.74. The first kappa shape index (κ1) is 19.8. The van der Waals surface area contributed by atoms with E-state index < -0.39 is 61.0 Å². The maximum Gasteiger partial charge on any atom is 0.426 e. The van der Waals surface area contributed by atoms with Gasteiger partial charge in [-0.15, -0.1) is 0 Å². The molecule has 0 heterocycles. The third-order valence-corrected chi connectivity index (χ3v) is 5.47. The first-order chi connectivity index (χ1) is 10.9. The van der Waals surface area contributed by atoms with Crippen LogP contribution in [0.5, 0.6) is 0 Å². The number of rotatable bonds is 6. The molecule has 142 valence electrons. The van der Waals surface area contributed by atoms with Crippen LogP contribution < -0.4 is 0 Å². The summed E-state index contributed by atoms with van der Waals surface area (Å²) in [6, 6.07) is 0. The van der Waals surface area contributed by atoms with Gasteiger partial charge in [0.2, 0.25) is 0 Å². The number of hydrogen-bond donors (Lipinski definition) is 0. The summed E-state index contributed by atoms with van der Waals surface area (Å²) < 4.78 is 103. The summed E-state index contributed by atoms with van der Waals surface area (Å²) in [6.45, 7) is 1.81. The molecule has 0 radical (unpaired) electrons. The molecule has 2 fully saturated rings. The van der Waals surface area contributed by atoms with Gasteiger partial charge in [-0.05, 0) is 49.9 Å². The fraction of sp³-hybridized carbons (Fsp3) is 1.00. The largest absolute Gasteiger partial charge is 0.426 e. The molecule has 0 spiro atoms. The van der Waals surface area contributed by atoms with Crippen LogP contribution in [-0.4, -0.2) is 37.5 Å². The molecule has 0 aliphatic heterocycles. The number of ether oxygens (including phenoxy) is 2. The summed E-state index contributed by atoms with van der Waals surface area (Å²) in [5.74, 6) is -2.34. The topological polar surface area (TPSA) is 18.5 Å². The summed E-state index contributed by atoms with van der Waals surface area (Å²) >= 11 is 0. The maximum absolute atomic E-state index is 13.8. The summed E-state index contributed by atoms with van der Waals surface area (Å²) in [5.41, 5.74) is -4.28. The summed E-state index contributed by atoms with van der Waals surface area (Å²) in [5, 5.41) is 0. The molecule has 24 heavy (non-hydrogen) atoms. The normalized spacial score (nSPS) is 34.1. The zero-order valence-electron chi connectivity index (χ0n) is 13.4. The minimum atomic E-state index is -5.64. The van der Waals surface area contributed by atoms with Crippen LogP contribution in [0.25, 0.3) is 0 Å². The van der Waals surface area contributed by atoms with Gasteiger partial charge >= 0.3 is 12.4 Å². The molecule has 0 N–H and O–H groups in total. The van der Waals surface area contributed by atoms with Gasteiger partial charge in [0.05, 0.1) is 0 Å². The summed E-state index contributed by atoms with van der Waals surface area (Å²) in [6.07, 6.45) is -13.3. The third kappa shape index (κ3) is 3.25. The van der Waals surface area contributed by atoms with E-state index in [-0.39, 0.29) is 13.0 Å². The first-order valence-corrected chi connectivity index (χ1v) is 7.93. The van der Waals surface area contributed by atoms with Crippen molar-refractivity contribution in [1.82, 2.24) is 0 Å². The number of halogens is 7. The van der Waals surface area contributed by atoms with E-state index in [4.69, 9.17) is 0 Å². The van der Waals surface area contributed by atoms with Gasteiger partial charge < -0.3 is 9.47 Å². The van der Waals surface area contributed by atoms with Crippen LogP contribution >= 0.6 is 0 Å². The van der Waals surface area contributed by atoms with E-state index in [0.717, 1.165) is 0 Å². The van der Waals surface area contributed by atoms with E-state index in [9.17, 15) is 30.7 Å². The Balaban J connectivity index is 2.26. The van der Waals surface area contributed by atoms with Crippen molar-refractivity contribution in [3.05, 3.63) is 0 Å². The monoisotopic (exact) mass is 366 g/mol.